The number of aryl methyl sites for hydroxylation is 2. The third kappa shape index (κ3) is 1.81. The highest BCUT2D eigenvalue weighted by molar-refractivity contribution is 5.88. The van der Waals surface area contributed by atoms with Crippen molar-refractivity contribution in [3.05, 3.63) is 35.5 Å². The Hall–Kier alpha value is -1.77. The number of hydrogen-bond acceptors (Lipinski definition) is 1. The third-order valence-electron chi connectivity index (χ3n) is 2.89. The van der Waals surface area contributed by atoms with Crippen LogP contribution in [0.4, 0.5) is 0 Å². The molecular weight excluding hydrogens is 202 g/mol. The van der Waals surface area contributed by atoms with Gasteiger partial charge < -0.3 is 9.67 Å². The summed E-state index contributed by atoms with van der Waals surface area (Å²) in [6.45, 7) is 2.11. The molecule has 1 heterocycles. The van der Waals surface area contributed by atoms with E-state index in [4.69, 9.17) is 5.11 Å². The first-order chi connectivity index (χ1) is 7.61. The molecule has 0 radical (unpaired) electrons. The van der Waals surface area contributed by atoms with Crippen molar-refractivity contribution in [2.75, 3.05) is 0 Å². The Morgan fingerprint density at radius 3 is 2.81 bits per heavy atom. The van der Waals surface area contributed by atoms with Gasteiger partial charge in [-0.05, 0) is 23.6 Å². The first-order valence-electron chi connectivity index (χ1n) is 5.40. The molecule has 0 fully saturated rings. The van der Waals surface area contributed by atoms with E-state index in [1.165, 1.54) is 5.56 Å². The van der Waals surface area contributed by atoms with E-state index in [0.29, 0.717) is 0 Å². The summed E-state index contributed by atoms with van der Waals surface area (Å²) in [5, 5.41) is 9.87. The Morgan fingerprint density at radius 1 is 1.44 bits per heavy atom. The number of rotatable bonds is 3. The Balaban J connectivity index is 2.57. The highest BCUT2D eigenvalue weighted by Crippen LogP contribution is 2.22. The SMILES string of the molecule is CCc1ccc2c(CC(=O)O)cn(C)c2c1. The molecule has 0 saturated carbocycles. The smallest absolute Gasteiger partial charge is 0.307 e. The molecule has 0 atom stereocenters. The van der Waals surface area contributed by atoms with Crippen molar-refractivity contribution in [1.29, 1.82) is 0 Å². The predicted molar refractivity (Wildman–Crippen MR) is 63.6 cm³/mol. The summed E-state index contributed by atoms with van der Waals surface area (Å²) in [4.78, 5) is 10.7. The standard InChI is InChI=1S/C13H15NO2/c1-3-9-4-5-11-10(7-13(15)16)8-14(2)12(11)6-9/h4-6,8H,3,7H2,1-2H3,(H,15,16). The maximum absolute atomic E-state index is 10.7. The van der Waals surface area contributed by atoms with Crippen molar-refractivity contribution < 1.29 is 9.90 Å². The van der Waals surface area contributed by atoms with Gasteiger partial charge in [-0.1, -0.05) is 19.1 Å². The molecular formula is C13H15NO2. The molecule has 0 bridgehead atoms. The maximum Gasteiger partial charge on any atom is 0.307 e. The highest BCUT2D eigenvalue weighted by atomic mass is 16.4. The number of carboxylic acids is 1. The number of carbonyl (C=O) groups is 1. The first-order valence-corrected chi connectivity index (χ1v) is 5.40. The van der Waals surface area contributed by atoms with E-state index in [1.807, 2.05) is 23.9 Å². The van der Waals surface area contributed by atoms with Crippen molar-refractivity contribution in [3.63, 3.8) is 0 Å². The lowest BCUT2D eigenvalue weighted by atomic mass is 10.1. The van der Waals surface area contributed by atoms with E-state index in [1.54, 1.807) is 0 Å². The van der Waals surface area contributed by atoms with Gasteiger partial charge >= 0.3 is 5.97 Å². The largest absolute Gasteiger partial charge is 0.481 e. The molecule has 3 nitrogen and oxygen atoms in total. The molecule has 0 amide bonds. The minimum absolute atomic E-state index is 0.0861. The number of nitrogens with zero attached hydrogens (tertiary/aromatic N) is 1. The van der Waals surface area contributed by atoms with Crippen LogP contribution in [0.15, 0.2) is 24.4 Å². The van der Waals surface area contributed by atoms with Crippen LogP contribution in [0, 0.1) is 0 Å². The summed E-state index contributed by atoms with van der Waals surface area (Å²) >= 11 is 0. The summed E-state index contributed by atoms with van der Waals surface area (Å²) in [6, 6.07) is 6.21. The van der Waals surface area contributed by atoms with Crippen molar-refractivity contribution in [1.82, 2.24) is 4.57 Å². The van der Waals surface area contributed by atoms with Crippen LogP contribution in [-0.4, -0.2) is 15.6 Å². The molecule has 2 aromatic rings. The topological polar surface area (TPSA) is 42.2 Å². The molecule has 0 aliphatic heterocycles. The number of benzene rings is 1. The van der Waals surface area contributed by atoms with E-state index in [2.05, 4.69) is 19.1 Å². The van der Waals surface area contributed by atoms with Crippen molar-refractivity contribution in [2.24, 2.45) is 7.05 Å². The minimum Gasteiger partial charge on any atom is -0.481 e. The normalized spacial score (nSPS) is 10.9. The van der Waals surface area contributed by atoms with Gasteiger partial charge in [0.25, 0.3) is 0 Å². The van der Waals surface area contributed by atoms with Crippen LogP contribution >= 0.6 is 0 Å². The molecule has 1 aromatic carbocycles. The van der Waals surface area contributed by atoms with Crippen LogP contribution < -0.4 is 0 Å². The number of carboxylic acid groups (broad SMARTS) is 1. The molecule has 0 aliphatic carbocycles. The number of aliphatic carboxylic acids is 1. The zero-order chi connectivity index (χ0) is 11.7. The molecule has 0 unspecified atom stereocenters. The van der Waals surface area contributed by atoms with Crippen molar-refractivity contribution in [2.45, 2.75) is 19.8 Å². The van der Waals surface area contributed by atoms with Gasteiger partial charge in [-0.2, -0.15) is 0 Å². The second kappa shape index (κ2) is 4.00. The Bertz CT molecular complexity index is 540. The van der Waals surface area contributed by atoms with Gasteiger partial charge in [0.2, 0.25) is 0 Å². The Labute approximate surface area is 94.3 Å². The van der Waals surface area contributed by atoms with Crippen LogP contribution in [0.2, 0.25) is 0 Å². The zero-order valence-electron chi connectivity index (χ0n) is 9.53. The van der Waals surface area contributed by atoms with Gasteiger partial charge in [0.15, 0.2) is 0 Å². The molecule has 84 valence electrons. The molecule has 16 heavy (non-hydrogen) atoms. The van der Waals surface area contributed by atoms with Gasteiger partial charge in [-0.25, -0.2) is 0 Å². The minimum atomic E-state index is -0.785. The summed E-state index contributed by atoms with van der Waals surface area (Å²) in [6.07, 6.45) is 2.98. The molecule has 1 aromatic heterocycles. The Kier molecular flexibility index (Phi) is 2.69. The van der Waals surface area contributed by atoms with E-state index in [-0.39, 0.29) is 6.42 Å². The first kappa shape index (κ1) is 10.7. The molecule has 3 heteroatoms. The molecule has 0 saturated heterocycles. The molecule has 0 aliphatic rings. The Morgan fingerprint density at radius 2 is 2.19 bits per heavy atom. The van der Waals surface area contributed by atoms with Gasteiger partial charge in [-0.3, -0.25) is 4.79 Å². The average molecular weight is 217 g/mol. The van der Waals surface area contributed by atoms with Gasteiger partial charge in [0.1, 0.15) is 0 Å². The van der Waals surface area contributed by atoms with Crippen LogP contribution in [0.5, 0.6) is 0 Å². The summed E-state index contributed by atoms with van der Waals surface area (Å²) in [5.41, 5.74) is 3.26. The van der Waals surface area contributed by atoms with Crippen LogP contribution in [0.1, 0.15) is 18.1 Å². The van der Waals surface area contributed by atoms with Crippen LogP contribution in [-0.2, 0) is 24.7 Å². The molecule has 0 spiro atoms. The number of aromatic nitrogens is 1. The fraction of sp³-hybridized carbons (Fsp3) is 0.308. The monoisotopic (exact) mass is 217 g/mol. The maximum atomic E-state index is 10.7. The van der Waals surface area contributed by atoms with Gasteiger partial charge in [0, 0.05) is 24.1 Å². The lowest BCUT2D eigenvalue weighted by molar-refractivity contribution is -0.136. The lowest BCUT2D eigenvalue weighted by Gasteiger charge is -2.00. The second-order valence-electron chi connectivity index (χ2n) is 4.04. The quantitative estimate of drug-likeness (QED) is 0.857. The summed E-state index contributed by atoms with van der Waals surface area (Å²) in [5.74, 6) is -0.785. The van der Waals surface area contributed by atoms with Crippen LogP contribution in [0.3, 0.4) is 0 Å². The fourth-order valence-corrected chi connectivity index (χ4v) is 2.04. The number of hydrogen-bond donors (Lipinski definition) is 1. The van der Waals surface area contributed by atoms with Gasteiger partial charge in [-0.15, -0.1) is 0 Å². The summed E-state index contributed by atoms with van der Waals surface area (Å²) < 4.78 is 1.99. The van der Waals surface area contributed by atoms with Crippen molar-refractivity contribution >= 4 is 16.9 Å². The molecule has 1 N–H and O–H groups in total. The van der Waals surface area contributed by atoms with Gasteiger partial charge in [0.05, 0.1) is 6.42 Å². The second-order valence-corrected chi connectivity index (χ2v) is 4.04. The van der Waals surface area contributed by atoms with Crippen molar-refractivity contribution in [3.8, 4) is 0 Å². The van der Waals surface area contributed by atoms with E-state index < -0.39 is 5.97 Å². The third-order valence-corrected chi connectivity index (χ3v) is 2.89. The number of fused-ring (bicyclic) bond motifs is 1. The highest BCUT2D eigenvalue weighted by Gasteiger charge is 2.09. The zero-order valence-corrected chi connectivity index (χ0v) is 9.53. The van der Waals surface area contributed by atoms with E-state index in [9.17, 15) is 4.79 Å². The average Bonchev–Trinajstić information content (AvgIpc) is 2.54. The van der Waals surface area contributed by atoms with E-state index >= 15 is 0 Å². The molecule has 2 rings (SSSR count). The predicted octanol–water partition coefficient (Wildman–Crippen LogP) is 2.37. The fourth-order valence-electron chi connectivity index (χ4n) is 2.04. The van der Waals surface area contributed by atoms with E-state index in [0.717, 1.165) is 22.9 Å². The summed E-state index contributed by atoms with van der Waals surface area (Å²) in [7, 11) is 1.95. The van der Waals surface area contributed by atoms with Crippen LogP contribution in [0.25, 0.3) is 10.9 Å². The lowest BCUT2D eigenvalue weighted by Crippen LogP contribution is -1.98.